The molecule has 4 nitrogen and oxygen atoms in total. The highest BCUT2D eigenvalue weighted by atomic mass is 19.1. The van der Waals surface area contributed by atoms with E-state index < -0.39 is 17.0 Å². The van der Waals surface area contributed by atoms with E-state index in [1.807, 2.05) is 6.92 Å². The minimum Gasteiger partial charge on any atom is -0.353 e. The number of carbonyl (C=O) groups excluding carboxylic acids is 1. The minimum atomic E-state index is -0.696. The molecule has 0 aliphatic heterocycles. The number of rotatable bonds is 6. The first-order chi connectivity index (χ1) is 14.6. The third kappa shape index (κ3) is 4.35. The summed E-state index contributed by atoms with van der Waals surface area (Å²) < 4.78 is 28.7. The largest absolute Gasteiger partial charge is 0.353 e. The number of benzene rings is 1. The van der Waals surface area contributed by atoms with Crippen molar-refractivity contribution in [3.63, 3.8) is 0 Å². The fraction of sp³-hybridized carbons (Fsp3) is 0.560. The van der Waals surface area contributed by atoms with Gasteiger partial charge in [-0.1, -0.05) is 46.3 Å². The molecule has 0 unspecified atom stereocenters. The van der Waals surface area contributed by atoms with E-state index in [0.29, 0.717) is 5.57 Å². The van der Waals surface area contributed by atoms with Crippen LogP contribution in [0.4, 0.5) is 8.78 Å². The van der Waals surface area contributed by atoms with Crippen molar-refractivity contribution in [2.24, 2.45) is 27.0 Å². The first-order valence-corrected chi connectivity index (χ1v) is 11.1. The van der Waals surface area contributed by atoms with Gasteiger partial charge in [-0.15, -0.1) is 0 Å². The van der Waals surface area contributed by atoms with Crippen molar-refractivity contribution in [2.45, 2.75) is 65.3 Å². The van der Waals surface area contributed by atoms with Crippen LogP contribution in [0.3, 0.4) is 0 Å². The number of nitrogens with one attached hydrogen (secondary N) is 1. The van der Waals surface area contributed by atoms with E-state index in [2.05, 4.69) is 36.0 Å². The van der Waals surface area contributed by atoms with Crippen molar-refractivity contribution >= 4 is 11.6 Å². The van der Waals surface area contributed by atoms with Crippen molar-refractivity contribution < 1.29 is 13.6 Å². The maximum atomic E-state index is 14.4. The maximum Gasteiger partial charge on any atom is 0.226 e. The predicted octanol–water partition coefficient (Wildman–Crippen LogP) is 6.45. The van der Waals surface area contributed by atoms with Crippen molar-refractivity contribution in [3.8, 4) is 0 Å². The van der Waals surface area contributed by atoms with Gasteiger partial charge in [0, 0.05) is 13.1 Å². The van der Waals surface area contributed by atoms with Crippen LogP contribution in [0.15, 0.2) is 46.7 Å². The van der Waals surface area contributed by atoms with Gasteiger partial charge in [-0.25, -0.2) is 8.78 Å². The number of amides is 1. The topological polar surface area (TPSA) is 53.8 Å². The Hall–Kier alpha value is -2.37. The molecule has 0 radical (unpaired) electrons. The minimum absolute atomic E-state index is 0.0243. The Labute approximate surface area is 183 Å². The molecule has 2 aliphatic rings. The lowest BCUT2D eigenvalue weighted by Crippen LogP contribution is -2.49. The Morgan fingerprint density at radius 3 is 2.35 bits per heavy atom. The molecule has 0 bridgehead atoms. The Bertz CT molecular complexity index is 895. The van der Waals surface area contributed by atoms with Gasteiger partial charge >= 0.3 is 0 Å². The molecule has 1 N–H and O–H groups in total. The third-order valence-corrected chi connectivity index (χ3v) is 7.61. The molecule has 2 saturated carbocycles. The molecule has 2 aliphatic carbocycles. The number of azo groups is 1. The van der Waals surface area contributed by atoms with Crippen molar-refractivity contribution in [1.29, 1.82) is 0 Å². The Morgan fingerprint density at radius 2 is 1.77 bits per heavy atom. The molecule has 31 heavy (non-hydrogen) atoms. The molecule has 3 rings (SSSR count). The molecule has 168 valence electrons. The standard InChI is InChI=1S/C25H33F2N3O/c1-16(15-21(30-28-5)22-19(26)11-8-12-20(22)27)18-13-14-25(4,24(18,2)3)23(31)29-17-9-6-7-10-17/h8,11-12,15,17-18H,1,6-7,9-10,13-14H2,2-5H3,(H,29,31)/b21-15-,30-28-/t18-,25-/m1/s1. The van der Waals surface area contributed by atoms with E-state index >= 15 is 0 Å². The fourth-order valence-electron chi connectivity index (χ4n) is 5.25. The second kappa shape index (κ2) is 9.01. The van der Waals surface area contributed by atoms with Crippen LogP contribution >= 0.6 is 0 Å². The first-order valence-electron chi connectivity index (χ1n) is 11.1. The second-order valence-electron chi connectivity index (χ2n) is 9.60. The maximum absolute atomic E-state index is 14.4. The Morgan fingerprint density at radius 1 is 1.16 bits per heavy atom. The smallest absolute Gasteiger partial charge is 0.226 e. The van der Waals surface area contributed by atoms with Crippen LogP contribution in [-0.2, 0) is 4.79 Å². The molecular formula is C25H33F2N3O. The molecule has 2 fully saturated rings. The van der Waals surface area contributed by atoms with E-state index in [9.17, 15) is 13.6 Å². The molecular weight excluding hydrogens is 396 g/mol. The summed E-state index contributed by atoms with van der Waals surface area (Å²) in [5.41, 5.74) is -0.347. The van der Waals surface area contributed by atoms with Crippen LogP contribution in [0.5, 0.6) is 0 Å². The molecule has 0 spiro atoms. The summed E-state index contributed by atoms with van der Waals surface area (Å²) in [6.45, 7) is 10.4. The molecule has 1 aromatic carbocycles. The Balaban J connectivity index is 1.87. The number of carbonyl (C=O) groups is 1. The molecule has 1 aromatic rings. The molecule has 0 saturated heterocycles. The van der Waals surface area contributed by atoms with Crippen LogP contribution in [-0.4, -0.2) is 19.0 Å². The number of hydrogen-bond donors (Lipinski definition) is 1. The normalized spacial score (nSPS) is 26.5. The van der Waals surface area contributed by atoms with Gasteiger partial charge < -0.3 is 5.32 Å². The zero-order chi connectivity index (χ0) is 22.8. The van der Waals surface area contributed by atoms with Gasteiger partial charge in [0.1, 0.15) is 11.6 Å². The zero-order valence-corrected chi connectivity index (χ0v) is 19.0. The summed E-state index contributed by atoms with van der Waals surface area (Å²) in [4.78, 5) is 13.3. The van der Waals surface area contributed by atoms with E-state index in [4.69, 9.17) is 0 Å². The quantitative estimate of drug-likeness (QED) is 0.410. The lowest BCUT2D eigenvalue weighted by molar-refractivity contribution is -0.136. The second-order valence-corrected chi connectivity index (χ2v) is 9.60. The molecule has 0 heterocycles. The summed E-state index contributed by atoms with van der Waals surface area (Å²) in [6, 6.07) is 3.98. The average molecular weight is 430 g/mol. The van der Waals surface area contributed by atoms with Gasteiger partial charge in [-0.05, 0) is 60.8 Å². The van der Waals surface area contributed by atoms with Gasteiger partial charge in [-0.3, -0.25) is 4.79 Å². The predicted molar refractivity (Wildman–Crippen MR) is 119 cm³/mol. The highest BCUT2D eigenvalue weighted by Gasteiger charge is 2.56. The zero-order valence-electron chi connectivity index (χ0n) is 19.0. The fourth-order valence-corrected chi connectivity index (χ4v) is 5.25. The monoisotopic (exact) mass is 429 g/mol. The summed E-state index contributed by atoms with van der Waals surface area (Å²) in [5.74, 6) is -1.32. The summed E-state index contributed by atoms with van der Waals surface area (Å²) >= 11 is 0. The molecule has 0 aromatic heterocycles. The number of halogens is 2. The van der Waals surface area contributed by atoms with Gasteiger partial charge in [0.2, 0.25) is 5.91 Å². The molecule has 2 atom stereocenters. The summed E-state index contributed by atoms with van der Waals surface area (Å²) in [6.07, 6.45) is 7.53. The van der Waals surface area contributed by atoms with Crippen LogP contribution in [0.25, 0.3) is 5.70 Å². The van der Waals surface area contributed by atoms with E-state index in [0.717, 1.165) is 38.5 Å². The van der Waals surface area contributed by atoms with Crippen LogP contribution in [0.1, 0.15) is 64.9 Å². The van der Waals surface area contributed by atoms with E-state index in [1.165, 1.54) is 25.2 Å². The molecule has 1 amide bonds. The van der Waals surface area contributed by atoms with Gasteiger partial charge in [0.25, 0.3) is 0 Å². The lowest BCUT2D eigenvalue weighted by atomic mass is 9.63. The SMILES string of the molecule is C=C(/C=C(\N=N/C)c1c(F)cccc1F)[C@H]1CC[C@](C)(C(=O)NC2CCCC2)C1(C)C. The highest BCUT2D eigenvalue weighted by Crippen LogP contribution is 2.58. The summed E-state index contributed by atoms with van der Waals surface area (Å²) in [5, 5.41) is 11.0. The van der Waals surface area contributed by atoms with Crippen molar-refractivity contribution in [2.75, 3.05) is 7.05 Å². The van der Waals surface area contributed by atoms with Crippen LogP contribution < -0.4 is 5.32 Å². The first kappa shape index (κ1) is 23.3. The van der Waals surface area contributed by atoms with Crippen LogP contribution in [0.2, 0.25) is 0 Å². The van der Waals surface area contributed by atoms with Gasteiger partial charge in [-0.2, -0.15) is 10.2 Å². The van der Waals surface area contributed by atoms with Crippen LogP contribution in [0, 0.1) is 28.4 Å². The number of allylic oxidation sites excluding steroid dienone is 2. The average Bonchev–Trinajstić information content (AvgIpc) is 3.28. The van der Waals surface area contributed by atoms with Crippen molar-refractivity contribution in [1.82, 2.24) is 5.32 Å². The van der Waals surface area contributed by atoms with Gasteiger partial charge in [0.15, 0.2) is 0 Å². The molecule has 6 heteroatoms. The van der Waals surface area contributed by atoms with E-state index in [-0.39, 0.29) is 34.5 Å². The van der Waals surface area contributed by atoms with Crippen molar-refractivity contribution in [3.05, 3.63) is 53.6 Å². The Kier molecular flexibility index (Phi) is 6.77. The highest BCUT2D eigenvalue weighted by molar-refractivity contribution is 5.84. The lowest BCUT2D eigenvalue weighted by Gasteiger charge is -2.41. The summed E-state index contributed by atoms with van der Waals surface area (Å²) in [7, 11) is 1.46. The number of nitrogens with zero attached hydrogens (tertiary/aromatic N) is 2. The van der Waals surface area contributed by atoms with Gasteiger partial charge in [0.05, 0.1) is 16.7 Å². The third-order valence-electron chi connectivity index (χ3n) is 7.61. The number of hydrogen-bond acceptors (Lipinski definition) is 3. The van der Waals surface area contributed by atoms with E-state index in [1.54, 1.807) is 6.08 Å².